The second-order valence-electron chi connectivity index (χ2n) is 7.29. The molecule has 0 spiro atoms. The molecule has 0 atom stereocenters. The molecule has 0 bridgehead atoms. The normalized spacial score (nSPS) is 11.3. The first-order chi connectivity index (χ1) is 16.0. The van der Waals surface area contributed by atoms with Crippen LogP contribution in [-0.4, -0.2) is 7.11 Å². The lowest BCUT2D eigenvalue weighted by atomic mass is 10.00. The predicted molar refractivity (Wildman–Crippen MR) is 136 cm³/mol. The number of ether oxygens (including phenoxy) is 2. The Morgan fingerprint density at radius 3 is 2.42 bits per heavy atom. The van der Waals surface area contributed by atoms with Crippen LogP contribution in [0.25, 0.3) is 22.4 Å². The number of nitrogens with zero attached hydrogens (tertiary/aromatic N) is 1. The number of halogens is 3. The van der Waals surface area contributed by atoms with Crippen molar-refractivity contribution in [1.29, 1.82) is 5.26 Å². The highest BCUT2D eigenvalue weighted by Gasteiger charge is 2.14. The summed E-state index contributed by atoms with van der Waals surface area (Å²) in [6.45, 7) is 0.196. The van der Waals surface area contributed by atoms with Crippen LogP contribution in [0.2, 0.25) is 15.1 Å². The maximum absolute atomic E-state index is 9.79. The summed E-state index contributed by atoms with van der Waals surface area (Å²) in [6, 6.07) is 25.0. The third-order valence-electron chi connectivity index (χ3n) is 5.13. The topological polar surface area (TPSA) is 42.2 Å². The molecule has 33 heavy (non-hydrogen) atoms. The zero-order valence-electron chi connectivity index (χ0n) is 17.6. The van der Waals surface area contributed by atoms with Crippen LogP contribution in [0.3, 0.4) is 0 Å². The summed E-state index contributed by atoms with van der Waals surface area (Å²) in [6.07, 6.45) is 1.78. The molecule has 0 saturated carbocycles. The van der Waals surface area contributed by atoms with Crippen molar-refractivity contribution in [3.05, 3.63) is 105 Å². The Morgan fingerprint density at radius 2 is 1.70 bits per heavy atom. The van der Waals surface area contributed by atoms with Gasteiger partial charge in [-0.05, 0) is 58.3 Å². The molecule has 4 aromatic rings. The van der Waals surface area contributed by atoms with E-state index in [0.29, 0.717) is 32.1 Å². The van der Waals surface area contributed by atoms with Gasteiger partial charge in [0.1, 0.15) is 6.61 Å². The Morgan fingerprint density at radius 1 is 0.909 bits per heavy atom. The number of hydrogen-bond donors (Lipinski definition) is 0. The summed E-state index contributed by atoms with van der Waals surface area (Å²) in [5.74, 6) is 0.848. The predicted octanol–water partition coefficient (Wildman–Crippen LogP) is 8.45. The first-order valence-corrected chi connectivity index (χ1v) is 11.2. The molecule has 0 saturated heterocycles. The first kappa shape index (κ1) is 23.0. The van der Waals surface area contributed by atoms with Crippen molar-refractivity contribution in [3.8, 4) is 17.6 Å². The number of fused-ring (bicyclic) bond motifs is 1. The minimum absolute atomic E-state index is 0.196. The van der Waals surface area contributed by atoms with Crippen molar-refractivity contribution in [1.82, 2.24) is 0 Å². The Balaban J connectivity index is 1.64. The minimum Gasteiger partial charge on any atom is -0.493 e. The van der Waals surface area contributed by atoms with Crippen LogP contribution in [0.1, 0.15) is 16.7 Å². The first-order valence-electron chi connectivity index (χ1n) is 10.0. The van der Waals surface area contributed by atoms with E-state index in [4.69, 9.17) is 44.3 Å². The number of benzene rings is 4. The Kier molecular flexibility index (Phi) is 7.11. The van der Waals surface area contributed by atoms with Crippen molar-refractivity contribution < 1.29 is 9.47 Å². The monoisotopic (exact) mass is 493 g/mol. The molecule has 3 nitrogen and oxygen atoms in total. The van der Waals surface area contributed by atoms with Crippen molar-refractivity contribution >= 4 is 57.2 Å². The zero-order valence-corrected chi connectivity index (χ0v) is 19.9. The zero-order chi connectivity index (χ0) is 23.4. The average molecular weight is 495 g/mol. The van der Waals surface area contributed by atoms with Crippen LogP contribution in [0, 0.1) is 11.3 Å². The van der Waals surface area contributed by atoms with Gasteiger partial charge in [0.2, 0.25) is 0 Å². The van der Waals surface area contributed by atoms with Gasteiger partial charge < -0.3 is 9.47 Å². The summed E-state index contributed by atoms with van der Waals surface area (Å²) in [5, 5.41) is 13.4. The lowest BCUT2D eigenvalue weighted by Crippen LogP contribution is -1.99. The molecule has 6 heteroatoms. The van der Waals surface area contributed by atoms with E-state index in [1.807, 2.05) is 42.5 Å². The molecule has 4 rings (SSSR count). The fourth-order valence-electron chi connectivity index (χ4n) is 3.46. The SMILES string of the molecule is COc1cc(/C=C(/C#N)c2ccc3ccccc3c2)cc(Cl)c1OCc1ccc(Cl)cc1Cl. The molecule has 0 N–H and O–H groups in total. The number of nitriles is 1. The van der Waals surface area contributed by atoms with Gasteiger partial charge in [-0.25, -0.2) is 0 Å². The van der Waals surface area contributed by atoms with Crippen LogP contribution in [0.5, 0.6) is 11.5 Å². The highest BCUT2D eigenvalue weighted by Crippen LogP contribution is 2.38. The molecule has 0 aliphatic heterocycles. The Hall–Kier alpha value is -3.16. The summed E-state index contributed by atoms with van der Waals surface area (Å²) >= 11 is 18.7. The Bertz CT molecular complexity index is 1410. The molecular weight excluding hydrogens is 477 g/mol. The van der Waals surface area contributed by atoms with E-state index in [9.17, 15) is 5.26 Å². The van der Waals surface area contributed by atoms with E-state index in [1.165, 1.54) is 7.11 Å². The fourth-order valence-corrected chi connectivity index (χ4v) is 4.19. The molecule has 164 valence electrons. The second-order valence-corrected chi connectivity index (χ2v) is 8.54. The standard InChI is InChI=1S/C27H18Cl3NO2/c1-32-26-12-17(10-22(15-31)20-7-6-18-4-2-3-5-19(18)13-20)11-25(30)27(26)33-16-21-8-9-23(28)14-24(21)29/h2-14H,16H2,1H3/b22-10-. The molecule has 0 radical (unpaired) electrons. The summed E-state index contributed by atoms with van der Waals surface area (Å²) < 4.78 is 11.4. The summed E-state index contributed by atoms with van der Waals surface area (Å²) in [7, 11) is 1.54. The second kappa shape index (κ2) is 10.2. The van der Waals surface area contributed by atoms with Crippen LogP contribution in [0.4, 0.5) is 0 Å². The van der Waals surface area contributed by atoms with Crippen LogP contribution >= 0.6 is 34.8 Å². The van der Waals surface area contributed by atoms with Gasteiger partial charge in [0.25, 0.3) is 0 Å². The van der Waals surface area contributed by atoms with E-state index in [0.717, 1.165) is 27.5 Å². The molecule has 0 fully saturated rings. The van der Waals surface area contributed by atoms with E-state index in [-0.39, 0.29) is 6.61 Å². The van der Waals surface area contributed by atoms with E-state index >= 15 is 0 Å². The third-order valence-corrected chi connectivity index (χ3v) is 6.00. The van der Waals surface area contributed by atoms with Crippen molar-refractivity contribution in [2.24, 2.45) is 0 Å². The van der Waals surface area contributed by atoms with Gasteiger partial charge in [-0.15, -0.1) is 0 Å². The van der Waals surface area contributed by atoms with Gasteiger partial charge in [-0.2, -0.15) is 5.26 Å². The molecular formula is C27H18Cl3NO2. The van der Waals surface area contributed by atoms with Gasteiger partial charge in [-0.3, -0.25) is 0 Å². The van der Waals surface area contributed by atoms with E-state index in [1.54, 1.807) is 36.4 Å². The third kappa shape index (κ3) is 5.26. The van der Waals surface area contributed by atoms with Gasteiger partial charge in [0.05, 0.1) is 23.8 Å². The molecule has 0 unspecified atom stereocenters. The molecule has 0 aliphatic carbocycles. The van der Waals surface area contributed by atoms with Crippen LogP contribution < -0.4 is 9.47 Å². The van der Waals surface area contributed by atoms with Crippen molar-refractivity contribution in [3.63, 3.8) is 0 Å². The minimum atomic E-state index is 0.196. The lowest BCUT2D eigenvalue weighted by Gasteiger charge is -2.14. The molecule has 0 aliphatic rings. The quantitative estimate of drug-likeness (QED) is 0.199. The summed E-state index contributed by atoms with van der Waals surface area (Å²) in [4.78, 5) is 0. The van der Waals surface area contributed by atoms with Crippen molar-refractivity contribution in [2.45, 2.75) is 6.61 Å². The van der Waals surface area contributed by atoms with Gasteiger partial charge in [-0.1, -0.05) is 77.3 Å². The van der Waals surface area contributed by atoms with Gasteiger partial charge >= 0.3 is 0 Å². The largest absolute Gasteiger partial charge is 0.493 e. The van der Waals surface area contributed by atoms with Crippen molar-refractivity contribution in [2.75, 3.05) is 7.11 Å². The number of methoxy groups -OCH3 is 1. The van der Waals surface area contributed by atoms with Crippen LogP contribution in [-0.2, 0) is 6.61 Å². The molecule has 0 heterocycles. The molecule has 0 aromatic heterocycles. The highest BCUT2D eigenvalue weighted by atomic mass is 35.5. The van der Waals surface area contributed by atoms with E-state index in [2.05, 4.69) is 6.07 Å². The number of rotatable bonds is 6. The van der Waals surface area contributed by atoms with Gasteiger partial charge in [0.15, 0.2) is 11.5 Å². The maximum Gasteiger partial charge on any atom is 0.180 e. The smallest absolute Gasteiger partial charge is 0.180 e. The van der Waals surface area contributed by atoms with E-state index < -0.39 is 0 Å². The average Bonchev–Trinajstić information content (AvgIpc) is 2.82. The lowest BCUT2D eigenvalue weighted by molar-refractivity contribution is 0.285. The number of allylic oxidation sites excluding steroid dienone is 1. The van der Waals surface area contributed by atoms with Crippen LogP contribution in [0.15, 0.2) is 72.8 Å². The van der Waals surface area contributed by atoms with Gasteiger partial charge in [0, 0.05) is 15.6 Å². The number of hydrogen-bond acceptors (Lipinski definition) is 3. The highest BCUT2D eigenvalue weighted by molar-refractivity contribution is 6.35. The molecule has 4 aromatic carbocycles. The maximum atomic E-state index is 9.79. The Labute approximate surface area is 207 Å². The fraction of sp³-hybridized carbons (Fsp3) is 0.0741. The summed E-state index contributed by atoms with van der Waals surface area (Å²) in [5.41, 5.74) is 2.83. The molecule has 0 amide bonds.